The Bertz CT molecular complexity index is 1310. The zero-order valence-corrected chi connectivity index (χ0v) is 21.1. The van der Waals surface area contributed by atoms with Crippen LogP contribution in [0.1, 0.15) is 30.1 Å². The number of hydrogen-bond acceptors (Lipinski definition) is 8. The fourth-order valence-corrected chi connectivity index (χ4v) is 4.42. The minimum atomic E-state index is -2.23. The molecule has 0 radical (unpaired) electrons. The molecule has 0 aliphatic heterocycles. The highest BCUT2D eigenvalue weighted by Gasteiger charge is 2.29. The summed E-state index contributed by atoms with van der Waals surface area (Å²) >= 11 is -2.23. The third-order valence-corrected chi connectivity index (χ3v) is 6.27. The lowest BCUT2D eigenvalue weighted by Crippen LogP contribution is -2.35. The minimum Gasteiger partial charge on any atom is -0.494 e. The van der Waals surface area contributed by atoms with Crippen molar-refractivity contribution in [2.24, 2.45) is 0 Å². The number of nitrogens with zero attached hydrogens (tertiary/aromatic N) is 6. The van der Waals surface area contributed by atoms with E-state index in [0.29, 0.717) is 41.1 Å². The maximum Gasteiger partial charge on any atom is 0.231 e. The highest BCUT2D eigenvalue weighted by Crippen LogP contribution is 2.37. The van der Waals surface area contributed by atoms with Gasteiger partial charge in [0.05, 0.1) is 14.2 Å². The van der Waals surface area contributed by atoms with Crippen LogP contribution in [0.3, 0.4) is 0 Å². The molecule has 3 heterocycles. The molecule has 188 valence electrons. The van der Waals surface area contributed by atoms with Gasteiger partial charge in [-0.1, -0.05) is 6.07 Å². The summed E-state index contributed by atoms with van der Waals surface area (Å²) in [6, 6.07) is 8.73. The van der Waals surface area contributed by atoms with E-state index in [0.717, 1.165) is 11.1 Å². The summed E-state index contributed by atoms with van der Waals surface area (Å²) in [6.07, 6.45) is 7.11. The van der Waals surface area contributed by atoms with Crippen LogP contribution in [-0.2, 0) is 17.7 Å². The first-order chi connectivity index (χ1) is 17.4. The zero-order chi connectivity index (χ0) is 25.7. The first-order valence-corrected chi connectivity index (χ1v) is 12.2. The smallest absolute Gasteiger partial charge is 0.231 e. The van der Waals surface area contributed by atoms with Gasteiger partial charge in [-0.15, -0.1) is 10.2 Å². The maximum atomic E-state index is 11.6. The number of aryl methyl sites for hydroxylation is 1. The normalized spacial score (nSPS) is 13.7. The molecule has 0 aliphatic rings. The van der Waals surface area contributed by atoms with E-state index in [4.69, 9.17) is 9.47 Å². The van der Waals surface area contributed by atoms with Crippen molar-refractivity contribution in [2.45, 2.75) is 32.2 Å². The second kappa shape index (κ2) is 11.3. The first-order valence-electron chi connectivity index (χ1n) is 11.1. The van der Waals surface area contributed by atoms with E-state index in [9.17, 15) is 8.76 Å². The fourth-order valence-electron chi connectivity index (χ4n) is 3.94. The molecular formula is C24H27N7O4S. The van der Waals surface area contributed by atoms with Crippen LogP contribution in [0.2, 0.25) is 0 Å². The van der Waals surface area contributed by atoms with Gasteiger partial charge in [0.2, 0.25) is 11.3 Å². The largest absolute Gasteiger partial charge is 0.494 e. The Labute approximate surface area is 211 Å². The number of pyridine rings is 1. The average Bonchev–Trinajstić information content (AvgIpc) is 3.30. The minimum absolute atomic E-state index is 0.295. The predicted octanol–water partition coefficient (Wildman–Crippen LogP) is 2.89. The van der Waals surface area contributed by atoms with E-state index in [1.165, 1.54) is 0 Å². The number of methoxy groups -OCH3 is 2. The highest BCUT2D eigenvalue weighted by atomic mass is 32.2. The van der Waals surface area contributed by atoms with Crippen molar-refractivity contribution in [1.82, 2.24) is 34.4 Å². The van der Waals surface area contributed by atoms with Gasteiger partial charge in [-0.2, -0.15) is 0 Å². The Balaban J connectivity index is 1.90. The molecule has 3 atom stereocenters. The summed E-state index contributed by atoms with van der Waals surface area (Å²) in [4.78, 5) is 13.2. The fraction of sp³-hybridized carbons (Fsp3) is 0.292. The number of benzene rings is 1. The van der Waals surface area contributed by atoms with Crippen LogP contribution in [0.15, 0.2) is 55.1 Å². The van der Waals surface area contributed by atoms with Gasteiger partial charge in [-0.05, 0) is 43.7 Å². The molecule has 0 fully saturated rings. The number of nitrogens with one attached hydrogen (secondary N) is 1. The topological polar surface area (TPSA) is 137 Å². The van der Waals surface area contributed by atoms with E-state index in [-0.39, 0.29) is 0 Å². The lowest BCUT2D eigenvalue weighted by atomic mass is 9.96. The molecule has 0 amide bonds. The molecular weight excluding hydrogens is 482 g/mol. The summed E-state index contributed by atoms with van der Waals surface area (Å²) in [5, 5.41) is 9.00. The SMILES string of the molecule is COc1cccc(OC)c1-n1c(C[C@@H](c2ncc(C)cn2)[C@@H](C)NS(=O)O)nnc1-c1cccnc1. The molecule has 0 spiro atoms. The molecule has 11 nitrogen and oxygen atoms in total. The van der Waals surface area contributed by atoms with Gasteiger partial charge in [0.15, 0.2) is 5.82 Å². The van der Waals surface area contributed by atoms with Gasteiger partial charge < -0.3 is 9.47 Å². The summed E-state index contributed by atoms with van der Waals surface area (Å²) in [5.41, 5.74) is 2.27. The zero-order valence-electron chi connectivity index (χ0n) is 20.3. The molecule has 1 unspecified atom stereocenters. The van der Waals surface area contributed by atoms with Crippen LogP contribution in [0.4, 0.5) is 0 Å². The van der Waals surface area contributed by atoms with Crippen LogP contribution < -0.4 is 14.2 Å². The number of hydrogen-bond donors (Lipinski definition) is 2. The van der Waals surface area contributed by atoms with Crippen molar-refractivity contribution in [3.05, 3.63) is 72.3 Å². The van der Waals surface area contributed by atoms with Gasteiger partial charge in [0.25, 0.3) is 0 Å². The Kier molecular flexibility index (Phi) is 7.98. The molecule has 0 aliphatic carbocycles. The monoisotopic (exact) mass is 509 g/mol. The van der Waals surface area contributed by atoms with Crippen LogP contribution in [0.5, 0.6) is 11.5 Å². The molecule has 2 N–H and O–H groups in total. The van der Waals surface area contributed by atoms with Crippen molar-refractivity contribution in [1.29, 1.82) is 0 Å². The second-order valence-electron chi connectivity index (χ2n) is 8.11. The quantitative estimate of drug-likeness (QED) is 0.309. The molecule has 12 heteroatoms. The van der Waals surface area contributed by atoms with Gasteiger partial charge in [-0.25, -0.2) is 18.9 Å². The van der Waals surface area contributed by atoms with Gasteiger partial charge in [0.1, 0.15) is 28.8 Å². The van der Waals surface area contributed by atoms with E-state index in [1.54, 1.807) is 45.9 Å². The number of ether oxygens (including phenoxy) is 2. The number of para-hydroxylation sites is 1. The lowest BCUT2D eigenvalue weighted by Gasteiger charge is -2.23. The Morgan fingerprint density at radius 2 is 1.75 bits per heavy atom. The van der Waals surface area contributed by atoms with Gasteiger partial charge in [0, 0.05) is 48.7 Å². The van der Waals surface area contributed by atoms with E-state index >= 15 is 0 Å². The molecule has 3 aromatic heterocycles. The predicted molar refractivity (Wildman–Crippen MR) is 134 cm³/mol. The van der Waals surface area contributed by atoms with E-state index in [1.807, 2.05) is 41.8 Å². The van der Waals surface area contributed by atoms with E-state index < -0.39 is 23.2 Å². The third-order valence-electron chi connectivity index (χ3n) is 5.70. The van der Waals surface area contributed by atoms with Crippen LogP contribution >= 0.6 is 0 Å². The number of rotatable bonds is 10. The third kappa shape index (κ3) is 5.40. The van der Waals surface area contributed by atoms with Crippen molar-refractivity contribution in [2.75, 3.05) is 14.2 Å². The lowest BCUT2D eigenvalue weighted by molar-refractivity contribution is 0.390. The summed E-state index contributed by atoms with van der Waals surface area (Å²) in [5.74, 6) is 2.32. The van der Waals surface area contributed by atoms with Gasteiger partial charge in [-0.3, -0.25) is 14.1 Å². The van der Waals surface area contributed by atoms with Crippen molar-refractivity contribution in [3.8, 4) is 28.6 Å². The van der Waals surface area contributed by atoms with Crippen molar-refractivity contribution >= 4 is 11.3 Å². The molecule has 4 rings (SSSR count). The van der Waals surface area contributed by atoms with Crippen molar-refractivity contribution in [3.63, 3.8) is 0 Å². The summed E-state index contributed by atoms with van der Waals surface area (Å²) < 4.78 is 36.9. The standard InChI is InChI=1S/C24H27N7O4S/c1-15-12-26-23(27-13-15)18(16(2)30-36(32)33)11-21-28-29-24(17-7-6-10-25-14-17)31(21)22-19(34-3)8-5-9-20(22)35-4/h5-10,12-14,16,18,30H,11H2,1-4H3,(H,32,33)/t16-,18-/m1/s1. The van der Waals surface area contributed by atoms with E-state index in [2.05, 4.69) is 29.9 Å². The van der Waals surface area contributed by atoms with Gasteiger partial charge >= 0.3 is 0 Å². The molecule has 0 bridgehead atoms. The maximum absolute atomic E-state index is 11.6. The Morgan fingerprint density at radius 3 is 2.33 bits per heavy atom. The molecule has 36 heavy (non-hydrogen) atoms. The molecule has 1 aromatic carbocycles. The van der Waals surface area contributed by atoms with Crippen molar-refractivity contribution < 1.29 is 18.2 Å². The second-order valence-corrected chi connectivity index (χ2v) is 8.85. The first kappa shape index (κ1) is 25.4. The molecule has 4 aromatic rings. The van der Waals surface area contributed by atoms with Crippen LogP contribution in [0, 0.1) is 6.92 Å². The number of aromatic nitrogens is 6. The average molecular weight is 510 g/mol. The van der Waals surface area contributed by atoms with Crippen LogP contribution in [-0.4, -0.2) is 58.7 Å². The highest BCUT2D eigenvalue weighted by molar-refractivity contribution is 7.77. The molecule has 0 saturated carbocycles. The Hall–Kier alpha value is -3.74. The van der Waals surface area contributed by atoms with Crippen LogP contribution in [0.25, 0.3) is 17.1 Å². The summed E-state index contributed by atoms with van der Waals surface area (Å²) in [6.45, 7) is 3.70. The Morgan fingerprint density at radius 1 is 1.06 bits per heavy atom. The molecule has 0 saturated heterocycles. The summed E-state index contributed by atoms with van der Waals surface area (Å²) in [7, 11) is 3.16.